The molecule has 0 unspecified atom stereocenters. The van der Waals surface area contributed by atoms with Gasteiger partial charge in [0.2, 0.25) is 23.7 Å². The third kappa shape index (κ3) is 12.4. The number of aromatic nitrogens is 8. The number of rotatable bonds is 20. The molecule has 0 atom stereocenters. The molecule has 4 heterocycles. The lowest BCUT2D eigenvalue weighted by molar-refractivity contribution is -0.110. The van der Waals surface area contributed by atoms with E-state index >= 15 is 0 Å². The van der Waals surface area contributed by atoms with E-state index in [-0.39, 0.29) is 65.4 Å². The van der Waals surface area contributed by atoms with Crippen molar-refractivity contribution in [3.8, 4) is 11.5 Å². The minimum absolute atomic E-state index is 0.0261. The Morgan fingerprint density at radius 3 is 1.97 bits per heavy atom. The van der Waals surface area contributed by atoms with Crippen LogP contribution in [0.25, 0.3) is 22.1 Å². The topological polar surface area (TPSA) is 311 Å². The van der Waals surface area contributed by atoms with E-state index in [4.69, 9.17) is 36.4 Å². The number of carbonyl (C=O) groups excluding carboxylic acids is 5. The summed E-state index contributed by atoms with van der Waals surface area (Å²) in [5.41, 5.74) is 20.3. The molecular weight excluding hydrogens is 903 g/mol. The van der Waals surface area contributed by atoms with Crippen LogP contribution < -0.4 is 42.6 Å². The number of nitrogens with zero attached hydrogens (tertiary/aromatic N) is 9. The van der Waals surface area contributed by atoms with Crippen molar-refractivity contribution in [2.75, 3.05) is 36.2 Å². The summed E-state index contributed by atoms with van der Waals surface area (Å²) < 4.78 is 23.8. The van der Waals surface area contributed by atoms with E-state index in [0.29, 0.717) is 59.0 Å². The van der Waals surface area contributed by atoms with Gasteiger partial charge in [0.15, 0.2) is 0 Å². The Morgan fingerprint density at radius 2 is 1.40 bits per heavy atom. The molecule has 0 spiro atoms. The maximum absolute atomic E-state index is 13.8. The van der Waals surface area contributed by atoms with Crippen LogP contribution in [-0.4, -0.2) is 100.0 Å². The lowest BCUT2D eigenvalue weighted by atomic mass is 10.1. The second kappa shape index (κ2) is 21.9. The molecule has 0 saturated carbocycles. The van der Waals surface area contributed by atoms with Crippen LogP contribution in [0.4, 0.5) is 22.4 Å². The van der Waals surface area contributed by atoms with Crippen molar-refractivity contribution >= 4 is 75.1 Å². The van der Waals surface area contributed by atoms with Gasteiger partial charge < -0.3 is 40.5 Å². The van der Waals surface area contributed by atoms with Crippen LogP contribution in [0.3, 0.4) is 0 Å². The number of fused-ring (bicyclic) bond motifs is 2. The van der Waals surface area contributed by atoms with Gasteiger partial charge in [-0.15, -0.1) is 0 Å². The lowest BCUT2D eigenvalue weighted by Gasteiger charge is -2.19. The summed E-state index contributed by atoms with van der Waals surface area (Å²) in [6, 6.07) is 7.66. The van der Waals surface area contributed by atoms with Gasteiger partial charge in [-0.1, -0.05) is 18.2 Å². The van der Waals surface area contributed by atoms with Crippen molar-refractivity contribution in [3.05, 3.63) is 101 Å². The highest BCUT2D eigenvalue weighted by molar-refractivity contribution is 6.47. The van der Waals surface area contributed by atoms with Crippen LogP contribution in [0.1, 0.15) is 78.4 Å². The van der Waals surface area contributed by atoms with E-state index in [1.807, 2.05) is 6.92 Å². The Hall–Kier alpha value is -8.76. The third-order valence-electron chi connectivity index (χ3n) is 10.0. The first-order valence-electron chi connectivity index (χ1n) is 22.1. The van der Waals surface area contributed by atoms with Crippen molar-refractivity contribution in [1.29, 1.82) is 0 Å². The molecular formula is C47H57N15O8. The highest BCUT2D eigenvalue weighted by Gasteiger charge is 2.24. The Morgan fingerprint density at radius 1 is 0.800 bits per heavy atom. The number of nitrogens with two attached hydrogens (primary N) is 3. The average molecular weight is 960 g/mol. The normalized spacial score (nSPS) is 12.3. The zero-order valence-corrected chi connectivity index (χ0v) is 40.2. The highest BCUT2D eigenvalue weighted by Crippen LogP contribution is 2.33. The first kappa shape index (κ1) is 50.6. The highest BCUT2D eigenvalue weighted by atomic mass is 16.6. The van der Waals surface area contributed by atoms with Crippen molar-refractivity contribution in [3.63, 3.8) is 0 Å². The summed E-state index contributed by atoms with van der Waals surface area (Å²) in [7, 11) is 1.44. The number of allylic oxidation sites excluding steroid dienone is 4. The first-order chi connectivity index (χ1) is 33.3. The summed E-state index contributed by atoms with van der Waals surface area (Å²) in [6.45, 7) is 13.7. The number of nitrogens with one attached hydrogen (secondary N) is 3. The lowest BCUT2D eigenvalue weighted by Crippen LogP contribution is -2.27. The SMILES string of the molecule is CCN=C(/C=C(/C)N)C(=O)Nc1nc2cc(C(N)=O)cc(OC/C=C/Cn3cc(NC(=O)OC(C)(C)C)cn3)c2n1C/C=C/Cn1c(NC(=O)c2cc(C)nn2CC)nc2cc(C(N)=O)cc(OC)c21. The van der Waals surface area contributed by atoms with Crippen molar-refractivity contribution in [2.45, 2.75) is 80.2 Å². The number of primary amides is 2. The smallest absolute Gasteiger partial charge is 0.412 e. The summed E-state index contributed by atoms with van der Waals surface area (Å²) in [5.74, 6) is -1.75. The summed E-state index contributed by atoms with van der Waals surface area (Å²) in [4.78, 5) is 78.3. The van der Waals surface area contributed by atoms with Crippen LogP contribution in [0, 0.1) is 6.92 Å². The zero-order chi connectivity index (χ0) is 50.9. The van der Waals surface area contributed by atoms with Crippen molar-refractivity contribution < 1.29 is 38.2 Å². The van der Waals surface area contributed by atoms with E-state index in [2.05, 4.69) is 36.1 Å². The number of hydrogen-bond donors (Lipinski definition) is 6. The Bertz CT molecular complexity index is 3080. The van der Waals surface area contributed by atoms with Gasteiger partial charge in [0, 0.05) is 49.2 Å². The molecule has 0 aliphatic rings. The van der Waals surface area contributed by atoms with Crippen LogP contribution in [0.2, 0.25) is 0 Å². The van der Waals surface area contributed by atoms with Gasteiger partial charge >= 0.3 is 6.09 Å². The molecule has 0 fully saturated rings. The van der Waals surface area contributed by atoms with Gasteiger partial charge in [0.1, 0.15) is 46.1 Å². The number of benzene rings is 2. The molecule has 23 heteroatoms. The Balaban J connectivity index is 1.34. The van der Waals surface area contributed by atoms with E-state index in [9.17, 15) is 24.0 Å². The molecule has 4 aromatic heterocycles. The van der Waals surface area contributed by atoms with E-state index < -0.39 is 35.3 Å². The second-order valence-electron chi connectivity index (χ2n) is 16.7. The molecule has 2 aromatic carbocycles. The number of imidazole rings is 2. The number of hydrogen-bond acceptors (Lipinski definition) is 14. The van der Waals surface area contributed by atoms with Crippen LogP contribution in [0.5, 0.6) is 11.5 Å². The van der Waals surface area contributed by atoms with Crippen LogP contribution in [-0.2, 0) is 35.7 Å². The van der Waals surface area contributed by atoms with Gasteiger partial charge in [0.05, 0.1) is 42.3 Å². The standard InChI is InChI=1S/C47H57N15O8/c1-9-51-34(19-27(3)48)42(65)56-44-55-33-22-30(41(50)64)24-37(69-18-14-13-15-59-26-31(25-52-59)53-46(67)70-47(5,6)7)39(33)61(44)17-12-11-16-60-38-32(21-29(40(49)63)23-36(38)68-8)54-45(60)57-43(66)35-20-28(4)58-62(35)10-2/h11-14,19-26H,9-10,15-18,48H2,1-8H3,(H2,49,63)(H2,50,64)(H,53,67)(H,54,57,66)(H,55,56,65)/b12-11+,14-13+,27-19-,51-34?. The molecule has 9 N–H and O–H groups in total. The molecule has 0 aliphatic heterocycles. The predicted molar refractivity (Wildman–Crippen MR) is 264 cm³/mol. The number of aryl methyl sites for hydroxylation is 2. The predicted octanol–water partition coefficient (Wildman–Crippen LogP) is 5.07. The van der Waals surface area contributed by atoms with Crippen LogP contribution in [0.15, 0.2) is 83.8 Å². The molecule has 6 rings (SSSR count). The monoisotopic (exact) mass is 959 g/mol. The first-order valence-corrected chi connectivity index (χ1v) is 22.1. The number of ether oxygens (including phenoxy) is 3. The molecule has 5 amide bonds. The molecule has 70 heavy (non-hydrogen) atoms. The average Bonchev–Trinajstić information content (AvgIpc) is 4.07. The molecule has 0 radical (unpaired) electrons. The Kier molecular flexibility index (Phi) is 15.8. The maximum atomic E-state index is 13.8. The number of methoxy groups -OCH3 is 1. The fourth-order valence-electron chi connectivity index (χ4n) is 7.12. The molecule has 368 valence electrons. The summed E-state index contributed by atoms with van der Waals surface area (Å²) in [6.07, 6.45) is 11.1. The zero-order valence-electron chi connectivity index (χ0n) is 40.2. The molecule has 23 nitrogen and oxygen atoms in total. The van der Waals surface area contributed by atoms with Gasteiger partial charge in [-0.3, -0.25) is 49.5 Å². The molecule has 0 saturated heterocycles. The quantitative estimate of drug-likeness (QED) is 0.0431. The summed E-state index contributed by atoms with van der Waals surface area (Å²) in [5, 5.41) is 17.1. The third-order valence-corrected chi connectivity index (χ3v) is 10.0. The van der Waals surface area contributed by atoms with Crippen molar-refractivity contribution in [1.82, 2.24) is 38.7 Å². The van der Waals surface area contributed by atoms with Gasteiger partial charge in [0.25, 0.3) is 11.8 Å². The maximum Gasteiger partial charge on any atom is 0.412 e. The fourth-order valence-corrected chi connectivity index (χ4v) is 7.12. The summed E-state index contributed by atoms with van der Waals surface area (Å²) >= 11 is 0. The van der Waals surface area contributed by atoms with E-state index in [1.54, 1.807) is 96.6 Å². The van der Waals surface area contributed by atoms with Gasteiger partial charge in [-0.05, 0) is 91.0 Å². The minimum atomic E-state index is -0.735. The number of aliphatic imine (C=N–C) groups is 1. The minimum Gasteiger partial charge on any atom is -0.494 e. The van der Waals surface area contributed by atoms with Gasteiger partial charge in [-0.25, -0.2) is 14.8 Å². The number of anilines is 3. The molecule has 0 aliphatic carbocycles. The van der Waals surface area contributed by atoms with Crippen molar-refractivity contribution in [2.24, 2.45) is 22.2 Å². The molecule has 0 bridgehead atoms. The number of amides is 5. The van der Waals surface area contributed by atoms with Gasteiger partial charge in [-0.2, -0.15) is 10.2 Å². The largest absolute Gasteiger partial charge is 0.494 e. The second-order valence-corrected chi connectivity index (χ2v) is 16.7. The van der Waals surface area contributed by atoms with E-state index in [0.717, 1.165) is 0 Å². The van der Waals surface area contributed by atoms with E-state index in [1.165, 1.54) is 43.6 Å². The van der Waals surface area contributed by atoms with Crippen LogP contribution >= 0.6 is 0 Å². The fraction of sp³-hybridized carbons (Fsp3) is 0.319. The molecule has 6 aromatic rings. The number of carbonyl (C=O) groups is 5. The Labute approximate surface area is 402 Å².